The van der Waals surface area contributed by atoms with Crippen molar-refractivity contribution in [1.82, 2.24) is 9.97 Å². The van der Waals surface area contributed by atoms with Crippen LogP contribution < -0.4 is 4.74 Å². The van der Waals surface area contributed by atoms with Crippen molar-refractivity contribution >= 4 is 5.78 Å². The summed E-state index contributed by atoms with van der Waals surface area (Å²) < 4.78 is 5.37. The fourth-order valence-corrected chi connectivity index (χ4v) is 2.34. The summed E-state index contributed by atoms with van der Waals surface area (Å²) in [7, 11) is 1.64. The predicted molar refractivity (Wildman–Crippen MR) is 81.5 cm³/mol. The number of hydrogen-bond acceptors (Lipinski definition) is 4. The van der Waals surface area contributed by atoms with Gasteiger partial charge >= 0.3 is 0 Å². The molecule has 0 unspecified atom stereocenters. The largest absolute Gasteiger partial charge is 0.496 e. The number of Topliss-reactive ketones (excluding diaryl/α,β-unsaturated/α-hetero) is 1. The molecule has 2 rings (SSSR count). The summed E-state index contributed by atoms with van der Waals surface area (Å²) in [5, 5.41) is 0. The van der Waals surface area contributed by atoms with Gasteiger partial charge in [-0.15, -0.1) is 0 Å². The summed E-state index contributed by atoms with van der Waals surface area (Å²) in [5.41, 5.74) is 3.67. The molecule has 4 heteroatoms. The molecule has 4 nitrogen and oxygen atoms in total. The van der Waals surface area contributed by atoms with E-state index < -0.39 is 0 Å². The van der Waals surface area contributed by atoms with Crippen LogP contribution in [0, 0.1) is 13.8 Å². The Bertz CT molecular complexity index is 624. The Morgan fingerprint density at radius 2 is 2.05 bits per heavy atom. The first-order valence-electron chi connectivity index (χ1n) is 7.02. The van der Waals surface area contributed by atoms with Crippen molar-refractivity contribution in [2.45, 2.75) is 33.1 Å². The Morgan fingerprint density at radius 1 is 1.24 bits per heavy atom. The average Bonchev–Trinajstić information content (AvgIpc) is 2.50. The maximum Gasteiger partial charge on any atom is 0.139 e. The number of carbonyl (C=O) groups is 1. The summed E-state index contributed by atoms with van der Waals surface area (Å²) >= 11 is 0. The number of ether oxygens (including phenoxy) is 1. The maximum absolute atomic E-state index is 12.1. The minimum absolute atomic E-state index is 0.169. The average molecular weight is 284 g/mol. The second kappa shape index (κ2) is 6.97. The quantitative estimate of drug-likeness (QED) is 0.818. The van der Waals surface area contributed by atoms with Gasteiger partial charge < -0.3 is 4.74 Å². The number of carbonyl (C=O) groups excluding carboxylic acids is 1. The van der Waals surface area contributed by atoms with Crippen molar-refractivity contribution in [2.75, 3.05) is 7.11 Å². The molecule has 110 valence electrons. The SMILES string of the molecule is COc1c(C)cnc(CC(=O)CCc2ccccn2)c1C. The van der Waals surface area contributed by atoms with E-state index in [1.807, 2.05) is 32.0 Å². The van der Waals surface area contributed by atoms with Crippen molar-refractivity contribution in [3.63, 3.8) is 0 Å². The van der Waals surface area contributed by atoms with Gasteiger partial charge in [-0.3, -0.25) is 14.8 Å². The van der Waals surface area contributed by atoms with Crippen LogP contribution in [0.1, 0.15) is 28.9 Å². The molecule has 0 amide bonds. The van der Waals surface area contributed by atoms with Crippen molar-refractivity contribution < 1.29 is 9.53 Å². The summed E-state index contributed by atoms with van der Waals surface area (Å²) in [6.07, 6.45) is 4.99. The Morgan fingerprint density at radius 3 is 2.71 bits per heavy atom. The number of nitrogens with zero attached hydrogens (tertiary/aromatic N) is 2. The van der Waals surface area contributed by atoms with Crippen LogP contribution in [0.15, 0.2) is 30.6 Å². The van der Waals surface area contributed by atoms with Gasteiger partial charge in [-0.1, -0.05) is 6.07 Å². The molecule has 0 aliphatic heterocycles. The zero-order chi connectivity index (χ0) is 15.2. The summed E-state index contributed by atoms with van der Waals surface area (Å²) in [4.78, 5) is 20.7. The minimum atomic E-state index is 0.169. The molecule has 0 atom stereocenters. The van der Waals surface area contributed by atoms with Crippen LogP contribution in [0.25, 0.3) is 0 Å². The molecule has 21 heavy (non-hydrogen) atoms. The van der Waals surface area contributed by atoms with Gasteiger partial charge in [0, 0.05) is 42.1 Å². The third-order valence-corrected chi connectivity index (χ3v) is 3.50. The second-order valence-electron chi connectivity index (χ2n) is 5.08. The molecule has 2 aromatic rings. The number of hydrogen-bond donors (Lipinski definition) is 0. The third kappa shape index (κ3) is 3.88. The molecule has 0 aliphatic carbocycles. The summed E-state index contributed by atoms with van der Waals surface area (Å²) in [5.74, 6) is 0.986. The predicted octanol–water partition coefficient (Wildman–Crippen LogP) is 2.85. The van der Waals surface area contributed by atoms with E-state index in [1.54, 1.807) is 19.5 Å². The van der Waals surface area contributed by atoms with Gasteiger partial charge in [0.1, 0.15) is 11.5 Å². The topological polar surface area (TPSA) is 52.1 Å². The van der Waals surface area contributed by atoms with Crippen LogP contribution in [-0.4, -0.2) is 22.9 Å². The number of aryl methyl sites for hydroxylation is 2. The zero-order valence-electron chi connectivity index (χ0n) is 12.7. The molecule has 0 aromatic carbocycles. The Labute approximate surface area is 125 Å². The van der Waals surface area contributed by atoms with E-state index in [4.69, 9.17) is 4.74 Å². The van der Waals surface area contributed by atoms with Gasteiger partial charge in [-0.05, 0) is 32.4 Å². The van der Waals surface area contributed by atoms with Crippen molar-refractivity contribution in [3.8, 4) is 5.75 Å². The van der Waals surface area contributed by atoms with E-state index in [1.165, 1.54) is 0 Å². The molecular weight excluding hydrogens is 264 g/mol. The highest BCUT2D eigenvalue weighted by molar-refractivity contribution is 5.81. The second-order valence-corrected chi connectivity index (χ2v) is 5.08. The molecule has 0 N–H and O–H groups in total. The van der Waals surface area contributed by atoms with Crippen LogP contribution in [0.3, 0.4) is 0 Å². The van der Waals surface area contributed by atoms with Crippen LogP contribution in [0.2, 0.25) is 0 Å². The lowest BCUT2D eigenvalue weighted by molar-refractivity contribution is -0.118. The van der Waals surface area contributed by atoms with Gasteiger partial charge in [0.05, 0.1) is 12.8 Å². The van der Waals surface area contributed by atoms with Gasteiger partial charge in [0.15, 0.2) is 0 Å². The van der Waals surface area contributed by atoms with E-state index in [0.717, 1.165) is 28.3 Å². The molecule has 0 spiro atoms. The number of rotatable bonds is 6. The molecule has 0 saturated carbocycles. The lowest BCUT2D eigenvalue weighted by atomic mass is 10.0. The Balaban J connectivity index is 2.00. The number of methoxy groups -OCH3 is 1. The fourth-order valence-electron chi connectivity index (χ4n) is 2.34. The van der Waals surface area contributed by atoms with Gasteiger partial charge in [0.25, 0.3) is 0 Å². The summed E-state index contributed by atoms with van der Waals surface area (Å²) in [6.45, 7) is 3.89. The van der Waals surface area contributed by atoms with E-state index >= 15 is 0 Å². The van der Waals surface area contributed by atoms with Gasteiger partial charge in [-0.2, -0.15) is 0 Å². The molecule has 0 radical (unpaired) electrons. The lowest BCUT2D eigenvalue weighted by Crippen LogP contribution is -2.09. The molecule has 2 heterocycles. The van der Waals surface area contributed by atoms with Gasteiger partial charge in [-0.25, -0.2) is 0 Å². The van der Waals surface area contributed by atoms with E-state index in [-0.39, 0.29) is 5.78 Å². The first kappa shape index (κ1) is 15.2. The van der Waals surface area contributed by atoms with Crippen LogP contribution in [0.4, 0.5) is 0 Å². The Hall–Kier alpha value is -2.23. The highest BCUT2D eigenvalue weighted by Crippen LogP contribution is 2.24. The molecule has 0 bridgehead atoms. The number of pyridine rings is 2. The molecular formula is C17H20N2O2. The van der Waals surface area contributed by atoms with Crippen LogP contribution >= 0.6 is 0 Å². The van der Waals surface area contributed by atoms with E-state index in [2.05, 4.69) is 9.97 Å². The van der Waals surface area contributed by atoms with E-state index in [9.17, 15) is 4.79 Å². The smallest absolute Gasteiger partial charge is 0.139 e. The van der Waals surface area contributed by atoms with Crippen molar-refractivity contribution in [3.05, 3.63) is 53.1 Å². The Kier molecular flexibility index (Phi) is 5.04. The van der Waals surface area contributed by atoms with Crippen LogP contribution in [0.5, 0.6) is 5.75 Å². The first-order valence-corrected chi connectivity index (χ1v) is 7.02. The zero-order valence-corrected chi connectivity index (χ0v) is 12.7. The van der Waals surface area contributed by atoms with Crippen LogP contribution in [-0.2, 0) is 17.6 Å². The molecule has 2 aromatic heterocycles. The highest BCUT2D eigenvalue weighted by atomic mass is 16.5. The maximum atomic E-state index is 12.1. The molecule has 0 fully saturated rings. The van der Waals surface area contributed by atoms with Crippen molar-refractivity contribution in [2.24, 2.45) is 0 Å². The fraction of sp³-hybridized carbons (Fsp3) is 0.353. The first-order chi connectivity index (χ1) is 10.1. The molecule has 0 saturated heterocycles. The number of aromatic nitrogens is 2. The standard InChI is InChI=1S/C17H20N2O2/c1-12-11-19-16(13(2)17(12)21-3)10-15(20)8-7-14-6-4-5-9-18-14/h4-6,9,11H,7-8,10H2,1-3H3. The third-order valence-electron chi connectivity index (χ3n) is 3.50. The monoisotopic (exact) mass is 284 g/mol. The van der Waals surface area contributed by atoms with Crippen molar-refractivity contribution in [1.29, 1.82) is 0 Å². The van der Waals surface area contributed by atoms with E-state index in [0.29, 0.717) is 19.3 Å². The lowest BCUT2D eigenvalue weighted by Gasteiger charge is -2.11. The minimum Gasteiger partial charge on any atom is -0.496 e. The molecule has 0 aliphatic rings. The summed E-state index contributed by atoms with van der Waals surface area (Å²) in [6, 6.07) is 5.74. The number of ketones is 1. The van der Waals surface area contributed by atoms with Gasteiger partial charge in [0.2, 0.25) is 0 Å². The normalized spacial score (nSPS) is 10.4. The highest BCUT2D eigenvalue weighted by Gasteiger charge is 2.13.